The van der Waals surface area contributed by atoms with Gasteiger partial charge in [-0.25, -0.2) is 4.98 Å². The molecule has 1 aliphatic heterocycles. The van der Waals surface area contributed by atoms with Crippen LogP contribution in [0.4, 0.5) is 11.4 Å². The number of carbonyl (C=O) groups excluding carboxylic acids is 1. The lowest BCUT2D eigenvalue weighted by Gasteiger charge is -2.21. The van der Waals surface area contributed by atoms with Crippen molar-refractivity contribution in [3.63, 3.8) is 0 Å². The Balaban J connectivity index is 1.17. The zero-order valence-corrected chi connectivity index (χ0v) is 20.1. The molecule has 5 rings (SSSR count). The molecule has 1 aromatic carbocycles. The number of amides is 1. The van der Waals surface area contributed by atoms with Crippen LogP contribution in [0, 0.1) is 0 Å². The lowest BCUT2D eigenvalue weighted by atomic mass is 10.2. The van der Waals surface area contributed by atoms with Gasteiger partial charge in [-0.3, -0.25) is 9.59 Å². The van der Waals surface area contributed by atoms with Gasteiger partial charge in [-0.1, -0.05) is 11.6 Å². The van der Waals surface area contributed by atoms with Crippen LogP contribution in [0.3, 0.4) is 0 Å². The van der Waals surface area contributed by atoms with E-state index >= 15 is 0 Å². The normalized spacial score (nSPS) is 15.5. The Morgan fingerprint density at radius 1 is 1.25 bits per heavy atom. The van der Waals surface area contributed by atoms with Gasteiger partial charge in [0.15, 0.2) is 0 Å². The number of hydrogen-bond donors (Lipinski definition) is 2. The quantitative estimate of drug-likeness (QED) is 0.458. The van der Waals surface area contributed by atoms with Gasteiger partial charge in [0.2, 0.25) is 5.91 Å². The van der Waals surface area contributed by atoms with E-state index in [0.717, 1.165) is 53.9 Å². The van der Waals surface area contributed by atoms with Crippen molar-refractivity contribution in [1.29, 1.82) is 0 Å². The van der Waals surface area contributed by atoms with E-state index in [1.807, 2.05) is 18.2 Å². The van der Waals surface area contributed by atoms with Crippen molar-refractivity contribution in [2.75, 3.05) is 29.1 Å². The average molecular weight is 489 g/mol. The number of H-pyrrole nitrogens is 1. The average Bonchev–Trinajstić information content (AvgIpc) is 3.49. The van der Waals surface area contributed by atoms with Crippen molar-refractivity contribution in [1.82, 2.24) is 9.97 Å². The fourth-order valence-corrected chi connectivity index (χ4v) is 6.76. The topological polar surface area (TPSA) is 78.1 Å². The summed E-state index contributed by atoms with van der Waals surface area (Å²) < 4.78 is 0. The third-order valence-electron chi connectivity index (χ3n) is 6.02. The van der Waals surface area contributed by atoms with Crippen LogP contribution in [0.5, 0.6) is 0 Å². The highest BCUT2D eigenvalue weighted by Crippen LogP contribution is 2.35. The van der Waals surface area contributed by atoms with Crippen molar-refractivity contribution in [3.8, 4) is 0 Å². The summed E-state index contributed by atoms with van der Waals surface area (Å²) in [5.41, 5.74) is 2.98. The first-order valence-electron chi connectivity index (χ1n) is 11.0. The minimum atomic E-state index is -0.0354. The number of halogens is 1. The number of rotatable bonds is 7. The van der Waals surface area contributed by atoms with Gasteiger partial charge in [0, 0.05) is 35.2 Å². The predicted molar refractivity (Wildman–Crippen MR) is 135 cm³/mol. The van der Waals surface area contributed by atoms with E-state index in [1.54, 1.807) is 23.1 Å². The van der Waals surface area contributed by atoms with Crippen LogP contribution in [0.15, 0.2) is 23.0 Å². The predicted octanol–water partition coefficient (Wildman–Crippen LogP) is 4.99. The smallest absolute Gasteiger partial charge is 0.259 e. The standard InChI is InChI=1S/C23H25ClN4O2S2/c24-14-6-7-17(28-9-1-2-10-28)16(12-14)25-20(29)8-11-31-13-19-26-22(30)21-15-4-3-5-18(15)32-23(21)27-19/h6-7,12H,1-5,8-11,13H2,(H,25,29)(H,26,27,30). The molecule has 2 aliphatic rings. The molecule has 3 heterocycles. The fraction of sp³-hybridized carbons (Fsp3) is 0.435. The Kier molecular flexibility index (Phi) is 6.44. The zero-order chi connectivity index (χ0) is 22.1. The summed E-state index contributed by atoms with van der Waals surface area (Å²) in [4.78, 5) is 37.2. The van der Waals surface area contributed by atoms with E-state index in [2.05, 4.69) is 20.2 Å². The summed E-state index contributed by atoms with van der Waals surface area (Å²) in [5.74, 6) is 1.87. The van der Waals surface area contributed by atoms with E-state index < -0.39 is 0 Å². The van der Waals surface area contributed by atoms with Gasteiger partial charge in [-0.15, -0.1) is 11.3 Å². The summed E-state index contributed by atoms with van der Waals surface area (Å²) in [6.07, 6.45) is 5.89. The molecular formula is C23H25ClN4O2S2. The van der Waals surface area contributed by atoms with Crippen molar-refractivity contribution in [2.45, 2.75) is 44.3 Å². The van der Waals surface area contributed by atoms with Crippen molar-refractivity contribution in [3.05, 3.63) is 49.8 Å². The largest absolute Gasteiger partial charge is 0.370 e. The molecule has 0 radical (unpaired) electrons. The first kappa shape index (κ1) is 21.8. The number of fused-ring (bicyclic) bond motifs is 3. The number of aryl methyl sites for hydroxylation is 2. The molecular weight excluding hydrogens is 464 g/mol. The van der Waals surface area contributed by atoms with Crippen molar-refractivity contribution >= 4 is 62.2 Å². The number of aromatic nitrogens is 2. The van der Waals surface area contributed by atoms with Crippen LogP contribution < -0.4 is 15.8 Å². The van der Waals surface area contributed by atoms with E-state index in [0.29, 0.717) is 28.8 Å². The maximum Gasteiger partial charge on any atom is 0.259 e. The van der Waals surface area contributed by atoms with Crippen LogP contribution in [-0.2, 0) is 23.4 Å². The molecule has 32 heavy (non-hydrogen) atoms. The van der Waals surface area contributed by atoms with Gasteiger partial charge in [-0.2, -0.15) is 11.8 Å². The lowest BCUT2D eigenvalue weighted by Crippen LogP contribution is -2.21. The van der Waals surface area contributed by atoms with Crippen LogP contribution >= 0.6 is 34.7 Å². The summed E-state index contributed by atoms with van der Waals surface area (Å²) in [6.45, 7) is 2.01. The van der Waals surface area contributed by atoms with Gasteiger partial charge in [0.05, 0.1) is 22.5 Å². The Bertz CT molecular complexity index is 1220. The highest BCUT2D eigenvalue weighted by Gasteiger charge is 2.21. The second-order valence-corrected chi connectivity index (χ2v) is 10.9. The molecule has 0 spiro atoms. The first-order chi connectivity index (χ1) is 15.6. The summed E-state index contributed by atoms with van der Waals surface area (Å²) in [7, 11) is 0. The Morgan fingerprint density at radius 2 is 2.09 bits per heavy atom. The number of nitrogens with zero attached hydrogens (tertiary/aromatic N) is 2. The van der Waals surface area contributed by atoms with Crippen molar-refractivity contribution in [2.24, 2.45) is 0 Å². The van der Waals surface area contributed by atoms with E-state index in [9.17, 15) is 9.59 Å². The number of carbonyl (C=O) groups is 1. The van der Waals surface area contributed by atoms with E-state index in [1.165, 1.54) is 23.3 Å². The molecule has 9 heteroatoms. The van der Waals surface area contributed by atoms with Crippen LogP contribution in [0.1, 0.15) is 41.9 Å². The molecule has 0 saturated carbocycles. The molecule has 1 fully saturated rings. The van der Waals surface area contributed by atoms with Crippen LogP contribution in [0.2, 0.25) is 5.02 Å². The molecule has 0 bridgehead atoms. The van der Waals surface area contributed by atoms with E-state index in [-0.39, 0.29) is 11.5 Å². The van der Waals surface area contributed by atoms with Gasteiger partial charge in [0.1, 0.15) is 10.7 Å². The molecule has 2 N–H and O–H groups in total. The van der Waals surface area contributed by atoms with Crippen LogP contribution in [-0.4, -0.2) is 34.7 Å². The molecule has 1 saturated heterocycles. The molecule has 1 aliphatic carbocycles. The minimum absolute atomic E-state index is 0.0295. The molecule has 0 unspecified atom stereocenters. The number of anilines is 2. The fourth-order valence-electron chi connectivity index (χ4n) is 4.50. The summed E-state index contributed by atoms with van der Waals surface area (Å²) >= 11 is 9.43. The third-order valence-corrected chi connectivity index (χ3v) is 8.41. The van der Waals surface area contributed by atoms with Crippen molar-refractivity contribution < 1.29 is 4.79 Å². The Labute approximate surface area is 199 Å². The SMILES string of the molecule is O=C(CCSCc1nc2sc3c(c2c(=O)[nH]1)CCC3)Nc1cc(Cl)ccc1N1CCCC1. The van der Waals surface area contributed by atoms with Gasteiger partial charge >= 0.3 is 0 Å². The number of hydrogen-bond acceptors (Lipinski definition) is 6. The molecule has 0 atom stereocenters. The molecule has 168 valence electrons. The zero-order valence-electron chi connectivity index (χ0n) is 17.7. The number of benzene rings is 1. The highest BCUT2D eigenvalue weighted by atomic mass is 35.5. The molecule has 6 nitrogen and oxygen atoms in total. The Hall–Kier alpha value is -2.03. The second kappa shape index (κ2) is 9.45. The van der Waals surface area contributed by atoms with Gasteiger partial charge < -0.3 is 15.2 Å². The lowest BCUT2D eigenvalue weighted by molar-refractivity contribution is -0.115. The van der Waals surface area contributed by atoms with Gasteiger partial charge in [-0.05, 0) is 55.9 Å². The molecule has 1 amide bonds. The minimum Gasteiger partial charge on any atom is -0.370 e. The highest BCUT2D eigenvalue weighted by molar-refractivity contribution is 7.98. The van der Waals surface area contributed by atoms with Gasteiger partial charge in [0.25, 0.3) is 5.56 Å². The first-order valence-corrected chi connectivity index (χ1v) is 13.4. The van der Waals surface area contributed by atoms with Crippen LogP contribution in [0.25, 0.3) is 10.2 Å². The maximum absolute atomic E-state index is 12.6. The number of nitrogens with one attached hydrogen (secondary N) is 2. The number of thioether (sulfide) groups is 1. The maximum atomic E-state index is 12.6. The second-order valence-electron chi connectivity index (χ2n) is 8.26. The molecule has 2 aromatic heterocycles. The van der Waals surface area contributed by atoms with E-state index in [4.69, 9.17) is 11.6 Å². The number of thiophene rings is 1. The molecule has 3 aromatic rings. The third kappa shape index (κ3) is 4.54. The number of aromatic amines is 1. The summed E-state index contributed by atoms with van der Waals surface area (Å²) in [6, 6.07) is 5.67. The monoisotopic (exact) mass is 488 g/mol. The Morgan fingerprint density at radius 3 is 2.94 bits per heavy atom. The summed E-state index contributed by atoms with van der Waals surface area (Å²) in [5, 5.41) is 4.43.